The largest absolute Gasteiger partial charge is 0.361 e. The minimum Gasteiger partial charge on any atom is -0.361 e. The van der Waals surface area contributed by atoms with E-state index >= 15 is 0 Å². The number of aromatic nitrogens is 4. The molecule has 0 aliphatic heterocycles. The van der Waals surface area contributed by atoms with Crippen LogP contribution in [0.1, 0.15) is 168 Å². The van der Waals surface area contributed by atoms with E-state index in [0.29, 0.717) is 0 Å². The molecular formula is C57H88N4. The molecule has 4 nitrogen and oxygen atoms in total. The summed E-state index contributed by atoms with van der Waals surface area (Å²) in [6.07, 6.45) is 7.97. The van der Waals surface area contributed by atoms with E-state index in [1.807, 2.05) is 80.2 Å². The molecule has 0 atom stereocenters. The first-order valence-electron chi connectivity index (χ1n) is 22.6. The number of H-pyrrole nitrogens is 4. The molecule has 0 bridgehead atoms. The summed E-state index contributed by atoms with van der Waals surface area (Å²) in [5, 5.41) is 5.22. The fourth-order valence-corrected chi connectivity index (χ4v) is 6.48. The first-order chi connectivity index (χ1) is 28.3. The van der Waals surface area contributed by atoms with Gasteiger partial charge in [-0.05, 0) is 109 Å². The molecule has 4 heteroatoms. The summed E-state index contributed by atoms with van der Waals surface area (Å²) in [7, 11) is 0. The third-order valence-corrected chi connectivity index (χ3v) is 9.64. The summed E-state index contributed by atoms with van der Waals surface area (Å²) in [6.45, 7) is 42.9. The molecule has 0 fully saturated rings. The van der Waals surface area contributed by atoms with Crippen LogP contribution in [0, 0.1) is 0 Å². The lowest BCUT2D eigenvalue weighted by atomic mass is 9.85. The van der Waals surface area contributed by atoms with Gasteiger partial charge in [0.25, 0.3) is 0 Å². The second kappa shape index (κ2) is 25.7. The number of benzene rings is 4. The van der Waals surface area contributed by atoms with Gasteiger partial charge in [-0.3, -0.25) is 0 Å². The lowest BCUT2D eigenvalue weighted by Gasteiger charge is -2.19. The van der Waals surface area contributed by atoms with Crippen molar-refractivity contribution < 1.29 is 0 Å². The van der Waals surface area contributed by atoms with E-state index in [1.165, 1.54) is 65.9 Å². The maximum absolute atomic E-state index is 3.29. The van der Waals surface area contributed by atoms with E-state index in [2.05, 4.69) is 200 Å². The molecule has 0 saturated carbocycles. The van der Waals surface area contributed by atoms with Crippen molar-refractivity contribution in [3.05, 3.63) is 144 Å². The van der Waals surface area contributed by atoms with Crippen molar-refractivity contribution in [1.82, 2.24) is 19.9 Å². The lowest BCUT2D eigenvalue weighted by molar-refractivity contribution is 0.591. The van der Waals surface area contributed by atoms with Gasteiger partial charge >= 0.3 is 0 Å². The van der Waals surface area contributed by atoms with Crippen molar-refractivity contribution in [3.63, 3.8) is 0 Å². The molecule has 0 amide bonds. The minimum atomic E-state index is 0. The van der Waals surface area contributed by atoms with Gasteiger partial charge in [0.1, 0.15) is 0 Å². The first-order valence-corrected chi connectivity index (χ1v) is 22.6. The summed E-state index contributed by atoms with van der Waals surface area (Å²) in [5.74, 6) is 0. The smallest absolute Gasteiger partial charge is 0.0491 e. The number of nitrogens with one attached hydrogen (secondary N) is 4. The normalized spacial score (nSPS) is 10.8. The molecule has 4 aromatic carbocycles. The molecular weight excluding hydrogens is 741 g/mol. The Morgan fingerprint density at radius 2 is 0.770 bits per heavy atom. The van der Waals surface area contributed by atoms with Gasteiger partial charge in [0, 0.05) is 52.2 Å². The molecule has 8 rings (SSSR count). The zero-order valence-electron chi connectivity index (χ0n) is 41.5. The Hall–Kier alpha value is -4.96. The topological polar surface area (TPSA) is 63.2 Å². The van der Waals surface area contributed by atoms with E-state index in [4.69, 9.17) is 0 Å². The molecule has 0 spiro atoms. The van der Waals surface area contributed by atoms with Crippen LogP contribution in [0.4, 0.5) is 0 Å². The number of fused-ring (bicyclic) bond motifs is 4. The average Bonchev–Trinajstić information content (AvgIpc) is 4.07. The fraction of sp³-hybridized carbons (Fsp3) is 0.439. The van der Waals surface area contributed by atoms with Crippen LogP contribution in [-0.2, 0) is 21.7 Å². The van der Waals surface area contributed by atoms with E-state index in [9.17, 15) is 0 Å². The summed E-state index contributed by atoms with van der Waals surface area (Å²) >= 11 is 0. The number of para-hydroxylation sites is 1. The molecule has 0 saturated heterocycles. The zero-order valence-corrected chi connectivity index (χ0v) is 41.5. The SMILES string of the molecule is C.CC.CC.CC.CC.CC(C)(C)c1ccc2[nH]ccc2c1.CC(C)(C)c1ccc2cc[nH]c2c1.CC(C)(C)c1cccc2[nH]ccc12.CC(C)(C)c1cccc2cc[nH]c12. The van der Waals surface area contributed by atoms with Crippen molar-refractivity contribution >= 4 is 43.6 Å². The van der Waals surface area contributed by atoms with Crippen molar-refractivity contribution in [1.29, 1.82) is 0 Å². The molecule has 4 aromatic heterocycles. The number of hydrogen-bond donors (Lipinski definition) is 4. The van der Waals surface area contributed by atoms with Crippen LogP contribution in [0.2, 0.25) is 0 Å². The van der Waals surface area contributed by atoms with Crippen molar-refractivity contribution in [2.75, 3.05) is 0 Å². The molecule has 336 valence electrons. The monoisotopic (exact) mass is 829 g/mol. The molecule has 0 radical (unpaired) electrons. The molecule has 61 heavy (non-hydrogen) atoms. The summed E-state index contributed by atoms with van der Waals surface area (Å²) < 4.78 is 0. The van der Waals surface area contributed by atoms with Crippen LogP contribution in [0.15, 0.2) is 122 Å². The average molecular weight is 829 g/mol. The maximum atomic E-state index is 3.29. The number of rotatable bonds is 0. The molecule has 0 aliphatic rings. The molecule has 4 heterocycles. The standard InChI is InChI=1S/4C12H15N.4C2H6.CH4/c1-12(2,3)10-4-5-11-9(8-10)6-7-13-11;1-12(2,3)10-5-4-9-6-7-13-11(9)8-10;1-12(2,3)10-5-4-6-11-9(10)7-8-13-11;1-12(2,3)10-6-4-5-9-7-8-13-11(9)10;4*1-2;/h4*4-8,13H,1-3H3;4*1-2H3;1H4. The highest BCUT2D eigenvalue weighted by atomic mass is 14.7. The Balaban J connectivity index is 0.000000741. The van der Waals surface area contributed by atoms with Gasteiger partial charge in [-0.1, -0.05) is 194 Å². The van der Waals surface area contributed by atoms with E-state index in [1.54, 1.807) is 0 Å². The predicted octanol–water partition coefficient (Wildman–Crippen LogP) is 18.6. The molecule has 8 aromatic rings. The Bertz CT molecular complexity index is 2170. The summed E-state index contributed by atoms with van der Waals surface area (Å²) in [5.41, 5.74) is 11.4. The number of aromatic amines is 4. The maximum Gasteiger partial charge on any atom is 0.0491 e. The van der Waals surface area contributed by atoms with Crippen LogP contribution in [0.5, 0.6) is 0 Å². The van der Waals surface area contributed by atoms with Gasteiger partial charge < -0.3 is 19.9 Å². The molecule has 0 aliphatic carbocycles. The lowest BCUT2D eigenvalue weighted by Crippen LogP contribution is -2.11. The van der Waals surface area contributed by atoms with Gasteiger partial charge in [0.05, 0.1) is 0 Å². The highest BCUT2D eigenvalue weighted by Gasteiger charge is 2.18. The van der Waals surface area contributed by atoms with E-state index in [0.717, 1.165) is 0 Å². The van der Waals surface area contributed by atoms with Gasteiger partial charge in [-0.2, -0.15) is 0 Å². The molecule has 4 N–H and O–H groups in total. The van der Waals surface area contributed by atoms with E-state index < -0.39 is 0 Å². The third-order valence-electron chi connectivity index (χ3n) is 9.64. The predicted molar refractivity (Wildman–Crippen MR) is 280 cm³/mol. The summed E-state index contributed by atoms with van der Waals surface area (Å²) in [6, 6.07) is 34.6. The Labute approximate surface area is 373 Å². The van der Waals surface area contributed by atoms with Gasteiger partial charge in [-0.25, -0.2) is 0 Å². The Morgan fingerprint density at radius 1 is 0.328 bits per heavy atom. The number of hydrogen-bond acceptors (Lipinski definition) is 0. The second-order valence-corrected chi connectivity index (χ2v) is 18.1. The van der Waals surface area contributed by atoms with Gasteiger partial charge in [0.2, 0.25) is 0 Å². The zero-order chi connectivity index (χ0) is 45.9. The quantitative estimate of drug-likeness (QED) is 0.118. The van der Waals surface area contributed by atoms with Crippen LogP contribution in [-0.4, -0.2) is 19.9 Å². The van der Waals surface area contributed by atoms with Gasteiger partial charge in [0.15, 0.2) is 0 Å². The third kappa shape index (κ3) is 16.4. The highest BCUT2D eigenvalue weighted by molar-refractivity contribution is 5.85. The van der Waals surface area contributed by atoms with E-state index in [-0.39, 0.29) is 29.1 Å². The molecule has 0 unspecified atom stereocenters. The van der Waals surface area contributed by atoms with Crippen LogP contribution in [0.3, 0.4) is 0 Å². The fourth-order valence-electron chi connectivity index (χ4n) is 6.48. The Kier molecular flexibility index (Phi) is 23.6. The van der Waals surface area contributed by atoms with Crippen LogP contribution < -0.4 is 0 Å². The first kappa shape index (κ1) is 56.0. The highest BCUT2D eigenvalue weighted by Crippen LogP contribution is 2.30. The second-order valence-electron chi connectivity index (χ2n) is 18.1. The van der Waals surface area contributed by atoms with Crippen LogP contribution in [0.25, 0.3) is 43.6 Å². The summed E-state index contributed by atoms with van der Waals surface area (Å²) in [4.78, 5) is 13.0. The van der Waals surface area contributed by atoms with Crippen molar-refractivity contribution in [2.24, 2.45) is 0 Å². The van der Waals surface area contributed by atoms with Crippen molar-refractivity contribution in [2.45, 2.75) is 168 Å². The Morgan fingerprint density at radius 3 is 1.34 bits per heavy atom. The van der Waals surface area contributed by atoms with Gasteiger partial charge in [-0.15, -0.1) is 0 Å². The minimum absolute atomic E-state index is 0. The van der Waals surface area contributed by atoms with Crippen molar-refractivity contribution in [3.8, 4) is 0 Å². The van der Waals surface area contributed by atoms with Crippen LogP contribution >= 0.6 is 0 Å².